The number of aromatic nitrogens is 3. The maximum Gasteiger partial charge on any atom is 0.235 e. The molecule has 11 rings (SSSR count). The maximum absolute atomic E-state index is 6.80. The summed E-state index contributed by atoms with van der Waals surface area (Å²) in [7, 11) is 0. The highest BCUT2D eigenvalue weighted by Gasteiger charge is 2.23. The van der Waals surface area contributed by atoms with E-state index in [1.165, 1.54) is 15.5 Å². The predicted molar refractivity (Wildman–Crippen MR) is 205 cm³/mol. The van der Waals surface area contributed by atoms with E-state index in [2.05, 4.69) is 150 Å². The second-order valence-electron chi connectivity index (χ2n) is 12.5. The molecule has 0 spiro atoms. The second-order valence-corrected chi connectivity index (χ2v) is 13.6. The molecule has 11 aromatic rings. The molecule has 0 saturated heterocycles. The molecule has 0 aliphatic carbocycles. The van der Waals surface area contributed by atoms with Gasteiger partial charge in [-0.15, -0.1) is 11.3 Å². The summed E-state index contributed by atoms with van der Waals surface area (Å²) in [5.74, 6) is 0.640. The average molecular weight is 644 g/mol. The summed E-state index contributed by atoms with van der Waals surface area (Å²) in [4.78, 5) is 10.8. The van der Waals surface area contributed by atoms with E-state index in [4.69, 9.17) is 14.4 Å². The molecule has 0 bridgehead atoms. The van der Waals surface area contributed by atoms with Gasteiger partial charge in [0.15, 0.2) is 0 Å². The van der Waals surface area contributed by atoms with Gasteiger partial charge in [-0.2, -0.15) is 0 Å². The Labute approximate surface area is 284 Å². The SMILES string of the molecule is c1ccc(-c2ccc3c4c5oc6ccc7ccccc7c6c5ccc4n(-c4nc(-c5ccccc5)c5sc6ccccc6c5n4)c3c2)cc1. The lowest BCUT2D eigenvalue weighted by molar-refractivity contribution is 0.673. The van der Waals surface area contributed by atoms with Gasteiger partial charge in [-0.1, -0.05) is 121 Å². The Bertz CT molecular complexity index is 3100. The Hall–Kier alpha value is -6.30. The highest BCUT2D eigenvalue weighted by Crippen LogP contribution is 2.44. The third-order valence-electron chi connectivity index (χ3n) is 9.82. The van der Waals surface area contributed by atoms with Crippen LogP contribution in [0.2, 0.25) is 0 Å². The molecular weight excluding hydrogens is 619 g/mol. The Kier molecular flexibility index (Phi) is 5.51. The average Bonchev–Trinajstić information content (AvgIpc) is 3.84. The highest BCUT2D eigenvalue weighted by molar-refractivity contribution is 7.26. The summed E-state index contributed by atoms with van der Waals surface area (Å²) < 4.78 is 11.3. The first-order valence-corrected chi connectivity index (χ1v) is 17.2. The minimum Gasteiger partial charge on any atom is -0.455 e. The van der Waals surface area contributed by atoms with Gasteiger partial charge in [0.2, 0.25) is 5.95 Å². The Morgan fingerprint density at radius 2 is 1.24 bits per heavy atom. The fourth-order valence-electron chi connectivity index (χ4n) is 7.60. The van der Waals surface area contributed by atoms with E-state index in [0.717, 1.165) is 81.7 Å². The minimum absolute atomic E-state index is 0.640. The van der Waals surface area contributed by atoms with E-state index in [9.17, 15) is 0 Å². The molecule has 0 amide bonds. The van der Waals surface area contributed by atoms with Crippen molar-refractivity contribution in [2.75, 3.05) is 0 Å². The van der Waals surface area contributed by atoms with Crippen molar-refractivity contribution in [3.63, 3.8) is 0 Å². The first kappa shape index (κ1) is 26.7. The molecule has 0 radical (unpaired) electrons. The van der Waals surface area contributed by atoms with Gasteiger partial charge < -0.3 is 4.42 Å². The molecule has 49 heavy (non-hydrogen) atoms. The van der Waals surface area contributed by atoms with Crippen molar-refractivity contribution in [1.82, 2.24) is 14.5 Å². The zero-order valence-corrected chi connectivity index (χ0v) is 26.9. The van der Waals surface area contributed by atoms with E-state index >= 15 is 0 Å². The van der Waals surface area contributed by atoms with Crippen LogP contribution in [0.1, 0.15) is 0 Å². The first-order chi connectivity index (χ1) is 24.3. The molecule has 0 atom stereocenters. The molecule has 0 fully saturated rings. The number of rotatable bonds is 3. The molecule has 0 unspecified atom stereocenters. The summed E-state index contributed by atoms with van der Waals surface area (Å²) in [6.45, 7) is 0. The second kappa shape index (κ2) is 10.1. The van der Waals surface area contributed by atoms with E-state index in [1.54, 1.807) is 11.3 Å². The van der Waals surface area contributed by atoms with Crippen LogP contribution in [0.3, 0.4) is 0 Å². The van der Waals surface area contributed by atoms with Crippen LogP contribution in [0.25, 0.3) is 103 Å². The van der Waals surface area contributed by atoms with Crippen molar-refractivity contribution < 1.29 is 4.42 Å². The summed E-state index contributed by atoms with van der Waals surface area (Å²) in [5.41, 5.74) is 9.08. The lowest BCUT2D eigenvalue weighted by atomic mass is 10.0. The molecule has 0 aliphatic rings. The zero-order chi connectivity index (χ0) is 32.1. The minimum atomic E-state index is 0.640. The molecule has 228 valence electrons. The van der Waals surface area contributed by atoms with Gasteiger partial charge in [0.1, 0.15) is 11.2 Å². The number of hydrogen-bond donors (Lipinski definition) is 0. The number of hydrogen-bond acceptors (Lipinski definition) is 4. The number of benzene rings is 7. The normalized spacial score (nSPS) is 12.1. The van der Waals surface area contributed by atoms with Crippen LogP contribution in [0, 0.1) is 0 Å². The molecule has 4 heterocycles. The van der Waals surface area contributed by atoms with Gasteiger partial charge in [-0.25, -0.2) is 9.97 Å². The van der Waals surface area contributed by atoms with Crippen LogP contribution in [0.4, 0.5) is 0 Å². The maximum atomic E-state index is 6.80. The Balaban J connectivity index is 1.30. The highest BCUT2D eigenvalue weighted by atomic mass is 32.1. The van der Waals surface area contributed by atoms with Gasteiger partial charge in [-0.05, 0) is 52.2 Å². The molecular formula is C44H25N3OS. The van der Waals surface area contributed by atoms with Crippen molar-refractivity contribution in [2.45, 2.75) is 0 Å². The molecule has 0 aliphatic heterocycles. The van der Waals surface area contributed by atoms with E-state index in [0.29, 0.717) is 5.95 Å². The zero-order valence-electron chi connectivity index (χ0n) is 26.1. The third kappa shape index (κ3) is 3.85. The third-order valence-corrected chi connectivity index (χ3v) is 11.0. The quantitative estimate of drug-likeness (QED) is 0.192. The van der Waals surface area contributed by atoms with E-state index in [1.807, 2.05) is 6.07 Å². The topological polar surface area (TPSA) is 43.9 Å². The molecule has 5 heteroatoms. The van der Waals surface area contributed by atoms with Crippen LogP contribution in [-0.2, 0) is 0 Å². The van der Waals surface area contributed by atoms with Crippen molar-refractivity contribution in [1.29, 1.82) is 0 Å². The number of thiophene rings is 1. The predicted octanol–water partition coefficient (Wildman–Crippen LogP) is 12.3. The number of nitrogens with zero attached hydrogens (tertiary/aromatic N) is 3. The van der Waals surface area contributed by atoms with Crippen molar-refractivity contribution in [3.8, 4) is 28.3 Å². The van der Waals surface area contributed by atoms with E-state index in [-0.39, 0.29) is 0 Å². The number of furan rings is 1. The lowest BCUT2D eigenvalue weighted by Gasteiger charge is -2.10. The molecule has 0 N–H and O–H groups in total. The molecule has 4 nitrogen and oxygen atoms in total. The van der Waals surface area contributed by atoms with Crippen LogP contribution in [-0.4, -0.2) is 14.5 Å². The largest absolute Gasteiger partial charge is 0.455 e. The van der Waals surface area contributed by atoms with Gasteiger partial charge >= 0.3 is 0 Å². The lowest BCUT2D eigenvalue weighted by Crippen LogP contribution is -2.02. The fourth-order valence-corrected chi connectivity index (χ4v) is 8.75. The van der Waals surface area contributed by atoms with Crippen LogP contribution in [0.15, 0.2) is 156 Å². The standard InChI is InChI=1S/C44H25N3OS/c1-3-11-26(12-4-1)29-19-21-31-35(25-29)47(34-23-22-33-38-30-16-8-7-13-27(30)20-24-36(38)48-42(33)39(31)34)44-45-40(28-14-5-2-6-15-28)43-41(46-44)32-17-9-10-18-37(32)49-43/h1-25H. The Morgan fingerprint density at radius 3 is 2.10 bits per heavy atom. The van der Waals surface area contributed by atoms with Gasteiger partial charge in [0, 0.05) is 31.8 Å². The molecule has 4 aromatic heterocycles. The monoisotopic (exact) mass is 643 g/mol. The van der Waals surface area contributed by atoms with Gasteiger partial charge in [0.05, 0.1) is 32.3 Å². The summed E-state index contributed by atoms with van der Waals surface area (Å²) in [6.07, 6.45) is 0. The fraction of sp³-hybridized carbons (Fsp3) is 0. The van der Waals surface area contributed by atoms with Crippen molar-refractivity contribution in [2.24, 2.45) is 0 Å². The Morgan fingerprint density at radius 1 is 0.510 bits per heavy atom. The van der Waals surface area contributed by atoms with E-state index < -0.39 is 0 Å². The summed E-state index contributed by atoms with van der Waals surface area (Å²) >= 11 is 1.75. The molecule has 7 aromatic carbocycles. The smallest absolute Gasteiger partial charge is 0.235 e. The van der Waals surface area contributed by atoms with Crippen molar-refractivity contribution in [3.05, 3.63) is 152 Å². The van der Waals surface area contributed by atoms with Crippen LogP contribution in [0.5, 0.6) is 0 Å². The van der Waals surface area contributed by atoms with Crippen LogP contribution < -0.4 is 0 Å². The van der Waals surface area contributed by atoms with Gasteiger partial charge in [-0.3, -0.25) is 4.57 Å². The van der Waals surface area contributed by atoms with Crippen molar-refractivity contribution >= 4 is 86.2 Å². The molecule has 0 saturated carbocycles. The summed E-state index contributed by atoms with van der Waals surface area (Å²) in [5, 5.41) is 7.95. The first-order valence-electron chi connectivity index (χ1n) is 16.4. The van der Waals surface area contributed by atoms with Gasteiger partial charge in [0.25, 0.3) is 0 Å². The number of fused-ring (bicyclic) bond motifs is 12. The van der Waals surface area contributed by atoms with Crippen LogP contribution >= 0.6 is 11.3 Å². The summed E-state index contributed by atoms with van der Waals surface area (Å²) in [6, 6.07) is 53.5.